The average Bonchev–Trinajstić information content (AvgIpc) is 3.45. The second kappa shape index (κ2) is 9.73. The normalized spacial score (nSPS) is 14.6. The van der Waals surface area contributed by atoms with Crippen LogP contribution in [0.3, 0.4) is 0 Å². The van der Waals surface area contributed by atoms with E-state index in [1.54, 1.807) is 31.3 Å². The Morgan fingerprint density at radius 2 is 1.72 bits per heavy atom. The van der Waals surface area contributed by atoms with Crippen molar-refractivity contribution in [3.05, 3.63) is 94.9 Å². The van der Waals surface area contributed by atoms with Crippen molar-refractivity contribution in [2.75, 3.05) is 20.8 Å². The van der Waals surface area contributed by atoms with Gasteiger partial charge in [-0.25, -0.2) is 4.39 Å². The predicted octanol–water partition coefficient (Wildman–Crippen LogP) is 5.38. The van der Waals surface area contributed by atoms with Crippen LogP contribution >= 0.6 is 0 Å². The molecule has 1 aromatic heterocycles. The molecule has 3 aromatic carbocycles. The molecule has 4 aromatic rings. The zero-order chi connectivity index (χ0) is 25.2. The fraction of sp³-hybridized carbons (Fsp3) is 0.214. The Labute approximate surface area is 208 Å². The van der Waals surface area contributed by atoms with Gasteiger partial charge in [0.05, 0.1) is 32.6 Å². The molecule has 1 amide bonds. The zero-order valence-electron chi connectivity index (χ0n) is 20.2. The van der Waals surface area contributed by atoms with Crippen molar-refractivity contribution in [1.29, 1.82) is 0 Å². The number of amides is 1. The molecule has 5 rings (SSSR count). The van der Waals surface area contributed by atoms with E-state index >= 15 is 0 Å². The lowest BCUT2D eigenvalue weighted by atomic mass is 9.95. The highest BCUT2D eigenvalue weighted by molar-refractivity contribution is 6.00. The maximum Gasteiger partial charge on any atom is 0.273 e. The molecule has 2 heterocycles. The first kappa shape index (κ1) is 23.4. The van der Waals surface area contributed by atoms with Crippen LogP contribution in [0.1, 0.15) is 40.1 Å². The van der Waals surface area contributed by atoms with Crippen LogP contribution in [-0.4, -0.2) is 41.8 Å². The lowest BCUT2D eigenvalue weighted by molar-refractivity contribution is 0.0730. The minimum Gasteiger partial charge on any atom is -0.497 e. The summed E-state index contributed by atoms with van der Waals surface area (Å²) >= 11 is 0. The van der Waals surface area contributed by atoms with Crippen molar-refractivity contribution in [2.24, 2.45) is 0 Å². The maximum absolute atomic E-state index is 13.6. The third-order valence-corrected chi connectivity index (χ3v) is 6.30. The summed E-state index contributed by atoms with van der Waals surface area (Å²) in [5, 5.41) is 7.47. The molecule has 0 fully saturated rings. The monoisotopic (exact) mass is 487 g/mol. The van der Waals surface area contributed by atoms with E-state index in [0.29, 0.717) is 36.0 Å². The van der Waals surface area contributed by atoms with Crippen LogP contribution in [0.15, 0.2) is 66.7 Å². The number of halogens is 1. The molecule has 1 N–H and O–H groups in total. The number of carbonyl (C=O) groups is 1. The number of aromatic nitrogens is 2. The lowest BCUT2D eigenvalue weighted by Crippen LogP contribution is -2.29. The van der Waals surface area contributed by atoms with E-state index in [-0.39, 0.29) is 11.7 Å². The maximum atomic E-state index is 13.6. The van der Waals surface area contributed by atoms with Crippen LogP contribution in [0.25, 0.3) is 11.3 Å². The summed E-state index contributed by atoms with van der Waals surface area (Å²) in [5.74, 6) is 1.43. The van der Waals surface area contributed by atoms with Crippen LogP contribution in [0, 0.1) is 5.82 Å². The Kier molecular flexibility index (Phi) is 6.33. The molecule has 1 aliphatic heterocycles. The second-order valence-electron chi connectivity index (χ2n) is 8.39. The summed E-state index contributed by atoms with van der Waals surface area (Å²) in [4.78, 5) is 15.4. The highest BCUT2D eigenvalue weighted by Crippen LogP contribution is 2.45. The van der Waals surface area contributed by atoms with Gasteiger partial charge < -0.3 is 19.1 Å². The molecule has 0 saturated carbocycles. The van der Waals surface area contributed by atoms with E-state index in [2.05, 4.69) is 10.2 Å². The van der Waals surface area contributed by atoms with Gasteiger partial charge in [0.15, 0.2) is 11.5 Å². The van der Waals surface area contributed by atoms with Gasteiger partial charge in [-0.2, -0.15) is 5.10 Å². The average molecular weight is 488 g/mol. The Morgan fingerprint density at radius 3 is 2.39 bits per heavy atom. The number of carbonyl (C=O) groups excluding carboxylic acids is 1. The molecule has 184 valence electrons. The summed E-state index contributed by atoms with van der Waals surface area (Å²) in [6, 6.07) is 18.9. The van der Waals surface area contributed by atoms with Crippen molar-refractivity contribution in [2.45, 2.75) is 19.5 Å². The topological polar surface area (TPSA) is 76.7 Å². The van der Waals surface area contributed by atoms with E-state index in [0.717, 1.165) is 28.0 Å². The summed E-state index contributed by atoms with van der Waals surface area (Å²) < 4.78 is 30.1. The molecule has 7 nitrogen and oxygen atoms in total. The zero-order valence-corrected chi connectivity index (χ0v) is 20.2. The fourth-order valence-electron chi connectivity index (χ4n) is 4.59. The third-order valence-electron chi connectivity index (χ3n) is 6.30. The quantitative estimate of drug-likeness (QED) is 0.361. The van der Waals surface area contributed by atoms with Crippen molar-refractivity contribution in [3.8, 4) is 28.5 Å². The minimum absolute atomic E-state index is 0.181. The summed E-state index contributed by atoms with van der Waals surface area (Å²) in [7, 11) is 3.20. The highest BCUT2D eigenvalue weighted by atomic mass is 19.1. The number of H-pyrrole nitrogens is 1. The Morgan fingerprint density at radius 1 is 0.972 bits per heavy atom. The van der Waals surface area contributed by atoms with Crippen LogP contribution in [-0.2, 0) is 6.54 Å². The SMILES string of the molecule is CCOc1ccc(C2c3c(-c4ccc(OC)cc4)n[nH]c3C(=O)N2Cc2ccc(F)cc2)cc1OC. The molecule has 1 unspecified atom stereocenters. The van der Waals surface area contributed by atoms with E-state index in [1.807, 2.05) is 49.4 Å². The molecule has 1 aliphatic rings. The molecule has 0 bridgehead atoms. The molecule has 36 heavy (non-hydrogen) atoms. The summed E-state index contributed by atoms with van der Waals surface area (Å²) in [6.07, 6.45) is 0. The third kappa shape index (κ3) is 4.15. The van der Waals surface area contributed by atoms with Gasteiger partial charge in [0, 0.05) is 17.7 Å². The van der Waals surface area contributed by atoms with Gasteiger partial charge in [-0.15, -0.1) is 0 Å². The Balaban J connectivity index is 1.63. The summed E-state index contributed by atoms with van der Waals surface area (Å²) in [6.45, 7) is 2.71. The molecule has 0 radical (unpaired) electrons. The van der Waals surface area contributed by atoms with E-state index in [1.165, 1.54) is 12.1 Å². The van der Waals surface area contributed by atoms with Crippen molar-refractivity contribution in [1.82, 2.24) is 15.1 Å². The number of ether oxygens (including phenoxy) is 3. The van der Waals surface area contributed by atoms with Crippen LogP contribution in [0.5, 0.6) is 17.2 Å². The Bertz CT molecular complexity index is 1380. The minimum atomic E-state index is -0.446. The fourth-order valence-corrected chi connectivity index (χ4v) is 4.59. The summed E-state index contributed by atoms with van der Waals surface area (Å²) in [5.41, 5.74) is 4.41. The molecule has 8 heteroatoms. The van der Waals surface area contributed by atoms with Crippen LogP contribution in [0.2, 0.25) is 0 Å². The lowest BCUT2D eigenvalue weighted by Gasteiger charge is -2.27. The largest absolute Gasteiger partial charge is 0.497 e. The van der Waals surface area contributed by atoms with E-state index in [4.69, 9.17) is 14.2 Å². The number of rotatable bonds is 8. The number of nitrogens with zero attached hydrogens (tertiary/aromatic N) is 2. The molecule has 0 spiro atoms. The van der Waals surface area contributed by atoms with Gasteiger partial charge in [-0.1, -0.05) is 18.2 Å². The van der Waals surface area contributed by atoms with E-state index in [9.17, 15) is 9.18 Å². The highest BCUT2D eigenvalue weighted by Gasteiger charge is 2.42. The number of hydrogen-bond acceptors (Lipinski definition) is 5. The second-order valence-corrected chi connectivity index (χ2v) is 8.39. The molecular formula is C28H26FN3O4. The number of hydrogen-bond donors (Lipinski definition) is 1. The molecule has 0 aliphatic carbocycles. The van der Waals surface area contributed by atoms with Gasteiger partial charge in [-0.05, 0) is 66.6 Å². The Hall–Kier alpha value is -4.33. The molecular weight excluding hydrogens is 461 g/mol. The first-order chi connectivity index (χ1) is 17.5. The first-order valence-electron chi connectivity index (χ1n) is 11.6. The smallest absolute Gasteiger partial charge is 0.273 e. The molecule has 0 saturated heterocycles. The van der Waals surface area contributed by atoms with Gasteiger partial charge in [0.2, 0.25) is 0 Å². The number of nitrogens with one attached hydrogen (secondary N) is 1. The number of methoxy groups -OCH3 is 2. The number of benzene rings is 3. The number of aromatic amines is 1. The van der Waals surface area contributed by atoms with Crippen molar-refractivity contribution >= 4 is 5.91 Å². The van der Waals surface area contributed by atoms with Crippen molar-refractivity contribution in [3.63, 3.8) is 0 Å². The number of fused-ring (bicyclic) bond motifs is 1. The van der Waals surface area contributed by atoms with Crippen molar-refractivity contribution < 1.29 is 23.4 Å². The van der Waals surface area contributed by atoms with Gasteiger partial charge in [-0.3, -0.25) is 9.89 Å². The van der Waals surface area contributed by atoms with Gasteiger partial charge >= 0.3 is 0 Å². The standard InChI is InChI=1S/C28H26FN3O4/c1-4-36-22-14-9-19(15-23(22)35-3)27-24-25(18-7-12-21(34-2)13-8-18)30-31-26(24)28(33)32(27)16-17-5-10-20(29)11-6-17/h5-15,27H,4,16H2,1-3H3,(H,30,31). The molecule has 1 atom stereocenters. The van der Waals surface area contributed by atoms with E-state index < -0.39 is 6.04 Å². The van der Waals surface area contributed by atoms with Crippen LogP contribution in [0.4, 0.5) is 4.39 Å². The predicted molar refractivity (Wildman–Crippen MR) is 133 cm³/mol. The van der Waals surface area contributed by atoms with Gasteiger partial charge in [0.25, 0.3) is 5.91 Å². The first-order valence-corrected chi connectivity index (χ1v) is 11.6. The van der Waals surface area contributed by atoms with Gasteiger partial charge in [0.1, 0.15) is 17.3 Å². The van der Waals surface area contributed by atoms with Crippen LogP contribution < -0.4 is 14.2 Å².